The fraction of sp³-hybridized carbons (Fsp3) is 0.200. The highest BCUT2D eigenvalue weighted by Crippen LogP contribution is 2.28. The van der Waals surface area contributed by atoms with E-state index >= 15 is 0 Å². The van der Waals surface area contributed by atoms with E-state index in [0.29, 0.717) is 15.2 Å². The number of ether oxygens (including phenoxy) is 1. The second-order valence-corrected chi connectivity index (χ2v) is 7.70. The van der Waals surface area contributed by atoms with Gasteiger partial charge in [-0.05, 0) is 58.7 Å². The van der Waals surface area contributed by atoms with Gasteiger partial charge in [-0.2, -0.15) is 0 Å². The van der Waals surface area contributed by atoms with Gasteiger partial charge in [0.1, 0.15) is 5.75 Å². The van der Waals surface area contributed by atoms with E-state index in [1.165, 1.54) is 19.2 Å². The second kappa shape index (κ2) is 7.00. The Hall–Kier alpha value is -1.08. The molecule has 0 aliphatic carbocycles. The van der Waals surface area contributed by atoms with Crippen molar-refractivity contribution >= 4 is 37.6 Å². The molecule has 7 heteroatoms. The Labute approximate surface area is 143 Å². The molecule has 0 aliphatic rings. The lowest BCUT2D eigenvalue weighted by atomic mass is 10.1. The van der Waals surface area contributed by atoms with Gasteiger partial charge in [-0.1, -0.05) is 23.7 Å². The smallest absolute Gasteiger partial charge is 0.241 e. The predicted molar refractivity (Wildman–Crippen MR) is 90.9 cm³/mol. The molecule has 0 amide bonds. The molecule has 2 aromatic carbocycles. The zero-order valence-corrected chi connectivity index (χ0v) is 15.2. The molecule has 0 aliphatic heterocycles. The highest BCUT2D eigenvalue weighted by molar-refractivity contribution is 9.10. The number of hydrogen-bond donors (Lipinski definition) is 1. The van der Waals surface area contributed by atoms with E-state index in [1.807, 2.05) is 6.07 Å². The lowest BCUT2D eigenvalue weighted by Gasteiger charge is -2.15. The van der Waals surface area contributed by atoms with Crippen molar-refractivity contribution in [1.29, 1.82) is 0 Å². The molecule has 22 heavy (non-hydrogen) atoms. The summed E-state index contributed by atoms with van der Waals surface area (Å²) < 4.78 is 33.2. The van der Waals surface area contributed by atoms with Gasteiger partial charge in [-0.15, -0.1) is 0 Å². The number of halogens is 2. The van der Waals surface area contributed by atoms with Crippen LogP contribution in [0.2, 0.25) is 5.02 Å². The summed E-state index contributed by atoms with van der Waals surface area (Å²) in [4.78, 5) is 0.161. The third-order valence-corrected chi connectivity index (χ3v) is 5.51. The van der Waals surface area contributed by atoms with Gasteiger partial charge in [-0.25, -0.2) is 13.1 Å². The Morgan fingerprint density at radius 1 is 1.23 bits per heavy atom. The van der Waals surface area contributed by atoms with Crippen LogP contribution in [0, 0.1) is 0 Å². The molecule has 2 aromatic rings. The van der Waals surface area contributed by atoms with Crippen molar-refractivity contribution in [3.63, 3.8) is 0 Å². The molecule has 2 rings (SSSR count). The van der Waals surface area contributed by atoms with Crippen LogP contribution < -0.4 is 9.46 Å². The molecule has 118 valence electrons. The van der Waals surface area contributed by atoms with Crippen molar-refractivity contribution in [1.82, 2.24) is 4.72 Å². The van der Waals surface area contributed by atoms with Gasteiger partial charge in [0.15, 0.2) is 0 Å². The van der Waals surface area contributed by atoms with Crippen LogP contribution in [0.4, 0.5) is 0 Å². The molecule has 0 saturated carbocycles. The van der Waals surface area contributed by atoms with Crippen molar-refractivity contribution in [3.8, 4) is 5.75 Å². The molecule has 0 aromatic heterocycles. The third-order valence-electron chi connectivity index (χ3n) is 3.11. The Morgan fingerprint density at radius 3 is 2.55 bits per heavy atom. The number of nitrogens with one attached hydrogen (secondary N) is 1. The van der Waals surface area contributed by atoms with Crippen LogP contribution >= 0.6 is 27.5 Å². The van der Waals surface area contributed by atoms with Gasteiger partial charge >= 0.3 is 0 Å². The first kappa shape index (κ1) is 17.3. The molecule has 0 heterocycles. The second-order valence-electron chi connectivity index (χ2n) is 4.69. The first-order valence-electron chi connectivity index (χ1n) is 6.45. The van der Waals surface area contributed by atoms with Crippen LogP contribution in [0.15, 0.2) is 51.8 Å². The van der Waals surface area contributed by atoms with Gasteiger partial charge < -0.3 is 4.74 Å². The average molecular weight is 405 g/mol. The maximum absolute atomic E-state index is 12.4. The summed E-state index contributed by atoms with van der Waals surface area (Å²) in [7, 11) is -2.13. The maximum Gasteiger partial charge on any atom is 0.241 e. The third kappa shape index (κ3) is 4.01. The van der Waals surface area contributed by atoms with Gasteiger partial charge in [0.2, 0.25) is 10.0 Å². The number of rotatable bonds is 5. The predicted octanol–water partition coefficient (Wildman–Crippen LogP) is 4.15. The molecule has 0 fully saturated rings. The average Bonchev–Trinajstić information content (AvgIpc) is 2.46. The largest absolute Gasteiger partial charge is 0.496 e. The van der Waals surface area contributed by atoms with Gasteiger partial charge in [0.25, 0.3) is 0 Å². The fourth-order valence-corrected chi connectivity index (χ4v) is 4.11. The molecule has 4 nitrogen and oxygen atoms in total. The molecule has 0 radical (unpaired) electrons. The summed E-state index contributed by atoms with van der Waals surface area (Å²) in [5.41, 5.74) is 0.795. The van der Waals surface area contributed by atoms with Gasteiger partial charge in [0.05, 0.1) is 16.5 Å². The summed E-state index contributed by atoms with van der Waals surface area (Å²) in [5.74, 6) is 0.571. The van der Waals surface area contributed by atoms with E-state index < -0.39 is 16.1 Å². The maximum atomic E-state index is 12.4. The van der Waals surface area contributed by atoms with E-state index in [4.69, 9.17) is 16.3 Å². The van der Waals surface area contributed by atoms with Crippen molar-refractivity contribution < 1.29 is 13.2 Å². The van der Waals surface area contributed by atoms with E-state index in [1.54, 1.807) is 31.2 Å². The molecule has 0 saturated heterocycles. The zero-order valence-electron chi connectivity index (χ0n) is 12.0. The molecule has 1 atom stereocenters. The number of hydrogen-bond acceptors (Lipinski definition) is 3. The zero-order chi connectivity index (χ0) is 16.3. The van der Waals surface area contributed by atoms with Crippen LogP contribution in [-0.2, 0) is 10.0 Å². The monoisotopic (exact) mass is 403 g/mol. The Kier molecular flexibility index (Phi) is 5.50. The number of methoxy groups -OCH3 is 1. The molecule has 0 bridgehead atoms. The molecule has 0 spiro atoms. The summed E-state index contributed by atoms with van der Waals surface area (Å²) in [5, 5.41) is 0.565. The van der Waals surface area contributed by atoms with Crippen molar-refractivity contribution in [2.75, 3.05) is 7.11 Å². The van der Waals surface area contributed by atoms with Crippen LogP contribution in [-0.4, -0.2) is 15.5 Å². The van der Waals surface area contributed by atoms with Crippen LogP contribution in [0.1, 0.15) is 18.5 Å². The molecule has 1 unspecified atom stereocenters. The van der Waals surface area contributed by atoms with E-state index in [-0.39, 0.29) is 4.90 Å². The SMILES string of the molecule is COc1ccc(S(=O)(=O)NC(C)c2cccc(Cl)c2)cc1Br. The first-order chi connectivity index (χ1) is 10.3. The van der Waals surface area contributed by atoms with Crippen molar-refractivity contribution in [2.45, 2.75) is 17.9 Å². The van der Waals surface area contributed by atoms with Gasteiger partial charge in [-0.3, -0.25) is 0 Å². The minimum absolute atomic E-state index is 0.161. The van der Waals surface area contributed by atoms with E-state index in [2.05, 4.69) is 20.7 Å². The number of sulfonamides is 1. The quantitative estimate of drug-likeness (QED) is 0.814. The van der Waals surface area contributed by atoms with Crippen LogP contribution in [0.3, 0.4) is 0 Å². The summed E-state index contributed by atoms with van der Waals surface area (Å²) in [6, 6.07) is 11.3. The van der Waals surface area contributed by atoms with E-state index in [9.17, 15) is 8.42 Å². The van der Waals surface area contributed by atoms with Crippen molar-refractivity contribution in [3.05, 3.63) is 57.5 Å². The highest BCUT2D eigenvalue weighted by Gasteiger charge is 2.19. The Bertz CT molecular complexity index is 780. The van der Waals surface area contributed by atoms with Crippen LogP contribution in [0.5, 0.6) is 5.75 Å². The fourth-order valence-electron chi connectivity index (χ4n) is 1.96. The topological polar surface area (TPSA) is 55.4 Å². The first-order valence-corrected chi connectivity index (χ1v) is 9.10. The lowest BCUT2D eigenvalue weighted by molar-refractivity contribution is 0.411. The van der Waals surface area contributed by atoms with Crippen molar-refractivity contribution in [2.24, 2.45) is 0 Å². The molecular weight excluding hydrogens is 390 g/mol. The standard InChI is InChI=1S/C15H15BrClNO3S/c1-10(11-4-3-5-12(17)8-11)18-22(19,20)13-6-7-15(21-2)14(16)9-13/h3-10,18H,1-2H3. The van der Waals surface area contributed by atoms with E-state index in [0.717, 1.165) is 5.56 Å². The summed E-state index contributed by atoms with van der Waals surface area (Å²) >= 11 is 9.22. The minimum atomic E-state index is -3.65. The normalized spacial score (nSPS) is 12.9. The molecular formula is C15H15BrClNO3S. The molecule has 1 N–H and O–H groups in total. The summed E-state index contributed by atoms with van der Waals surface area (Å²) in [6.45, 7) is 1.77. The lowest BCUT2D eigenvalue weighted by Crippen LogP contribution is -2.26. The summed E-state index contributed by atoms with van der Waals surface area (Å²) in [6.07, 6.45) is 0. The minimum Gasteiger partial charge on any atom is -0.496 e. The van der Waals surface area contributed by atoms with Gasteiger partial charge in [0, 0.05) is 11.1 Å². The van der Waals surface area contributed by atoms with Crippen LogP contribution in [0.25, 0.3) is 0 Å². The highest BCUT2D eigenvalue weighted by atomic mass is 79.9. The number of benzene rings is 2. The Balaban J connectivity index is 2.25. The Morgan fingerprint density at radius 2 is 1.95 bits per heavy atom.